The normalized spacial score (nSPS) is 10.1. The first-order valence-corrected chi connectivity index (χ1v) is 8.39. The highest BCUT2D eigenvalue weighted by atomic mass is 16.5. The highest BCUT2D eigenvalue weighted by Crippen LogP contribution is 2.30. The fourth-order valence-corrected chi connectivity index (χ4v) is 2.46. The molecular formula is C20H20N4O4. The van der Waals surface area contributed by atoms with Crippen molar-refractivity contribution in [3.05, 3.63) is 60.6 Å². The molecule has 0 spiro atoms. The van der Waals surface area contributed by atoms with E-state index in [2.05, 4.69) is 20.6 Å². The predicted octanol–water partition coefficient (Wildman–Crippen LogP) is 3.50. The molecule has 1 amide bonds. The van der Waals surface area contributed by atoms with Crippen molar-refractivity contribution >= 4 is 23.1 Å². The van der Waals surface area contributed by atoms with Crippen molar-refractivity contribution in [2.24, 2.45) is 0 Å². The molecule has 2 aromatic carbocycles. The molecule has 3 rings (SSSR count). The molecule has 0 atom stereocenters. The van der Waals surface area contributed by atoms with Crippen molar-refractivity contribution in [3.8, 4) is 17.2 Å². The van der Waals surface area contributed by atoms with E-state index in [0.29, 0.717) is 34.4 Å². The lowest BCUT2D eigenvalue weighted by molar-refractivity contribution is 0.102. The molecule has 28 heavy (non-hydrogen) atoms. The van der Waals surface area contributed by atoms with Gasteiger partial charge < -0.3 is 24.8 Å². The molecule has 0 saturated carbocycles. The van der Waals surface area contributed by atoms with Crippen LogP contribution < -0.4 is 24.8 Å². The van der Waals surface area contributed by atoms with Gasteiger partial charge >= 0.3 is 0 Å². The minimum absolute atomic E-state index is 0.186. The third-order valence-electron chi connectivity index (χ3n) is 3.88. The number of methoxy groups -OCH3 is 3. The van der Waals surface area contributed by atoms with Crippen LogP contribution in [-0.4, -0.2) is 37.2 Å². The van der Waals surface area contributed by atoms with Gasteiger partial charge in [-0.25, -0.2) is 9.97 Å². The number of amides is 1. The maximum absolute atomic E-state index is 12.4. The second-order valence-corrected chi connectivity index (χ2v) is 5.66. The number of carbonyl (C=O) groups excluding carboxylic acids is 1. The van der Waals surface area contributed by atoms with Gasteiger partial charge in [0.25, 0.3) is 5.91 Å². The summed E-state index contributed by atoms with van der Waals surface area (Å²) in [6.45, 7) is 0. The number of ether oxygens (including phenoxy) is 3. The first kappa shape index (κ1) is 19.0. The summed E-state index contributed by atoms with van der Waals surface area (Å²) in [5.74, 6) is 2.04. The average molecular weight is 380 g/mol. The zero-order chi connectivity index (χ0) is 19.9. The van der Waals surface area contributed by atoms with Gasteiger partial charge in [0, 0.05) is 17.8 Å². The van der Waals surface area contributed by atoms with E-state index in [4.69, 9.17) is 14.2 Å². The lowest BCUT2D eigenvalue weighted by atomic mass is 10.2. The standard InChI is InChI=1S/C20H20N4O4/c1-26-14-6-4-5-13(9-14)23-20(25)17-11-22-19(12-21-17)24-16-10-15(27-2)7-8-18(16)28-3/h4-12H,1-3H3,(H,22,24)(H,23,25). The van der Waals surface area contributed by atoms with Gasteiger partial charge in [-0.05, 0) is 24.3 Å². The molecule has 3 aromatic rings. The Kier molecular flexibility index (Phi) is 5.91. The summed E-state index contributed by atoms with van der Waals surface area (Å²) in [4.78, 5) is 20.8. The average Bonchev–Trinajstić information content (AvgIpc) is 2.74. The van der Waals surface area contributed by atoms with Gasteiger partial charge in [0.05, 0.1) is 39.4 Å². The van der Waals surface area contributed by atoms with Gasteiger partial charge in [0.2, 0.25) is 0 Å². The van der Waals surface area contributed by atoms with E-state index in [0.717, 1.165) is 0 Å². The molecule has 0 unspecified atom stereocenters. The minimum Gasteiger partial charge on any atom is -0.497 e. The number of anilines is 3. The maximum atomic E-state index is 12.4. The molecule has 8 heteroatoms. The summed E-state index contributed by atoms with van der Waals surface area (Å²) in [5.41, 5.74) is 1.46. The lowest BCUT2D eigenvalue weighted by Gasteiger charge is -2.12. The highest BCUT2D eigenvalue weighted by Gasteiger charge is 2.11. The van der Waals surface area contributed by atoms with Crippen LogP contribution in [0.3, 0.4) is 0 Å². The Bertz CT molecular complexity index is 961. The summed E-state index contributed by atoms with van der Waals surface area (Å²) in [6, 6.07) is 12.4. The largest absolute Gasteiger partial charge is 0.497 e. The van der Waals surface area contributed by atoms with Crippen LogP contribution in [0.5, 0.6) is 17.2 Å². The molecule has 1 aromatic heterocycles. The second-order valence-electron chi connectivity index (χ2n) is 5.66. The molecular weight excluding hydrogens is 360 g/mol. The Hall–Kier alpha value is -3.81. The first-order chi connectivity index (χ1) is 13.6. The topological polar surface area (TPSA) is 94.6 Å². The van der Waals surface area contributed by atoms with Crippen LogP contribution in [0, 0.1) is 0 Å². The van der Waals surface area contributed by atoms with Crippen LogP contribution in [0.1, 0.15) is 10.5 Å². The molecule has 0 aliphatic rings. The van der Waals surface area contributed by atoms with Crippen molar-refractivity contribution in [1.29, 1.82) is 0 Å². The Balaban J connectivity index is 1.72. The summed E-state index contributed by atoms with van der Waals surface area (Å²) < 4.78 is 15.7. The quantitative estimate of drug-likeness (QED) is 0.648. The number of rotatable bonds is 7. The molecule has 144 valence electrons. The maximum Gasteiger partial charge on any atom is 0.275 e. The van der Waals surface area contributed by atoms with Crippen molar-refractivity contribution in [3.63, 3.8) is 0 Å². The Labute approximate surface area is 162 Å². The molecule has 0 aliphatic heterocycles. The van der Waals surface area contributed by atoms with E-state index in [1.54, 1.807) is 63.8 Å². The van der Waals surface area contributed by atoms with E-state index in [1.165, 1.54) is 12.4 Å². The van der Waals surface area contributed by atoms with Crippen LogP contribution >= 0.6 is 0 Å². The number of hydrogen-bond acceptors (Lipinski definition) is 7. The van der Waals surface area contributed by atoms with Crippen LogP contribution in [0.2, 0.25) is 0 Å². The van der Waals surface area contributed by atoms with E-state index in [-0.39, 0.29) is 11.6 Å². The van der Waals surface area contributed by atoms with Crippen molar-refractivity contribution in [1.82, 2.24) is 9.97 Å². The second kappa shape index (κ2) is 8.72. The van der Waals surface area contributed by atoms with Gasteiger partial charge in [-0.15, -0.1) is 0 Å². The van der Waals surface area contributed by atoms with Crippen LogP contribution in [0.15, 0.2) is 54.9 Å². The molecule has 1 heterocycles. The molecule has 0 bridgehead atoms. The molecule has 0 radical (unpaired) electrons. The number of hydrogen-bond donors (Lipinski definition) is 2. The van der Waals surface area contributed by atoms with E-state index in [9.17, 15) is 4.79 Å². The van der Waals surface area contributed by atoms with Gasteiger partial charge in [-0.2, -0.15) is 0 Å². The minimum atomic E-state index is -0.369. The van der Waals surface area contributed by atoms with Gasteiger partial charge in [0.1, 0.15) is 28.8 Å². The first-order valence-electron chi connectivity index (χ1n) is 8.39. The monoisotopic (exact) mass is 380 g/mol. The number of carbonyl (C=O) groups is 1. The summed E-state index contributed by atoms with van der Waals surface area (Å²) >= 11 is 0. The van der Waals surface area contributed by atoms with Crippen LogP contribution in [0.25, 0.3) is 0 Å². The highest BCUT2D eigenvalue weighted by molar-refractivity contribution is 6.02. The summed E-state index contributed by atoms with van der Waals surface area (Å²) in [7, 11) is 4.72. The van der Waals surface area contributed by atoms with Gasteiger partial charge in [-0.1, -0.05) is 6.07 Å². The van der Waals surface area contributed by atoms with Gasteiger partial charge in [-0.3, -0.25) is 4.79 Å². The van der Waals surface area contributed by atoms with Crippen molar-refractivity contribution in [2.45, 2.75) is 0 Å². The Morgan fingerprint density at radius 1 is 0.893 bits per heavy atom. The smallest absolute Gasteiger partial charge is 0.275 e. The molecule has 2 N–H and O–H groups in total. The number of benzene rings is 2. The third-order valence-corrected chi connectivity index (χ3v) is 3.88. The van der Waals surface area contributed by atoms with Crippen LogP contribution in [0.4, 0.5) is 17.2 Å². The fraction of sp³-hybridized carbons (Fsp3) is 0.150. The number of aromatic nitrogens is 2. The molecule has 8 nitrogen and oxygen atoms in total. The van der Waals surface area contributed by atoms with Crippen molar-refractivity contribution in [2.75, 3.05) is 32.0 Å². The molecule has 0 aliphatic carbocycles. The molecule has 0 saturated heterocycles. The lowest BCUT2D eigenvalue weighted by Crippen LogP contribution is -2.14. The Morgan fingerprint density at radius 2 is 1.68 bits per heavy atom. The van der Waals surface area contributed by atoms with Crippen LogP contribution in [-0.2, 0) is 0 Å². The van der Waals surface area contributed by atoms with E-state index < -0.39 is 0 Å². The summed E-state index contributed by atoms with van der Waals surface area (Å²) in [6.07, 6.45) is 2.86. The van der Waals surface area contributed by atoms with Gasteiger partial charge in [0.15, 0.2) is 0 Å². The third kappa shape index (κ3) is 4.47. The SMILES string of the molecule is COc1cccc(NC(=O)c2cnc(Nc3cc(OC)ccc3OC)cn2)c1. The van der Waals surface area contributed by atoms with Crippen molar-refractivity contribution < 1.29 is 19.0 Å². The Morgan fingerprint density at radius 3 is 2.36 bits per heavy atom. The predicted molar refractivity (Wildman–Crippen MR) is 106 cm³/mol. The fourth-order valence-electron chi connectivity index (χ4n) is 2.46. The van der Waals surface area contributed by atoms with E-state index >= 15 is 0 Å². The number of nitrogens with zero attached hydrogens (tertiary/aromatic N) is 2. The zero-order valence-corrected chi connectivity index (χ0v) is 15.7. The summed E-state index contributed by atoms with van der Waals surface area (Å²) in [5, 5.41) is 5.86. The van der Waals surface area contributed by atoms with E-state index in [1.807, 2.05) is 0 Å². The molecule has 0 fully saturated rings. The number of nitrogens with one attached hydrogen (secondary N) is 2. The zero-order valence-electron chi connectivity index (χ0n) is 15.7.